The molecule has 0 aromatic carbocycles. The summed E-state index contributed by atoms with van der Waals surface area (Å²) < 4.78 is 5.93. The lowest BCUT2D eigenvalue weighted by atomic mass is 9.98. The Balaban J connectivity index is 1.81. The van der Waals surface area contributed by atoms with E-state index < -0.39 is 0 Å². The number of aromatic nitrogens is 2. The molecule has 4 nitrogen and oxygen atoms in total. The largest absolute Gasteiger partial charge is 0.367 e. The summed E-state index contributed by atoms with van der Waals surface area (Å²) in [5, 5.41) is 3.45. The Labute approximate surface area is 114 Å². The van der Waals surface area contributed by atoms with Gasteiger partial charge in [0.05, 0.1) is 11.4 Å². The third kappa shape index (κ3) is 1.98. The van der Waals surface area contributed by atoms with Gasteiger partial charge in [0.25, 0.3) is 0 Å². The molecule has 0 bridgehead atoms. The number of fused-ring (bicyclic) bond motifs is 1. The molecule has 1 aromatic rings. The Morgan fingerprint density at radius 3 is 2.95 bits per heavy atom. The Bertz CT molecular complexity index is 504. The normalized spacial score (nSPS) is 30.4. The van der Waals surface area contributed by atoms with Gasteiger partial charge in [0.15, 0.2) is 5.82 Å². The first-order chi connectivity index (χ1) is 9.26. The van der Waals surface area contributed by atoms with Gasteiger partial charge in [-0.25, -0.2) is 9.97 Å². The van der Waals surface area contributed by atoms with Crippen LogP contribution in [0, 0.1) is 0 Å². The fraction of sp³-hybridized carbons (Fsp3) is 0.733. The van der Waals surface area contributed by atoms with Gasteiger partial charge >= 0.3 is 0 Å². The monoisotopic (exact) mass is 259 g/mol. The molecule has 1 saturated heterocycles. The van der Waals surface area contributed by atoms with E-state index in [0.717, 1.165) is 44.8 Å². The summed E-state index contributed by atoms with van der Waals surface area (Å²) in [6, 6.07) is 0. The van der Waals surface area contributed by atoms with Crippen molar-refractivity contribution in [1.29, 1.82) is 0 Å². The van der Waals surface area contributed by atoms with Gasteiger partial charge in [0, 0.05) is 37.6 Å². The summed E-state index contributed by atoms with van der Waals surface area (Å²) >= 11 is 0. The Morgan fingerprint density at radius 1 is 1.32 bits per heavy atom. The smallest absolute Gasteiger partial charge is 0.160 e. The van der Waals surface area contributed by atoms with Gasteiger partial charge in [0.1, 0.15) is 5.60 Å². The molecule has 19 heavy (non-hydrogen) atoms. The van der Waals surface area contributed by atoms with Crippen LogP contribution in [0.2, 0.25) is 0 Å². The molecule has 1 aromatic heterocycles. The van der Waals surface area contributed by atoms with E-state index in [1.165, 1.54) is 29.8 Å². The van der Waals surface area contributed by atoms with Crippen LogP contribution in [0.4, 0.5) is 0 Å². The summed E-state index contributed by atoms with van der Waals surface area (Å²) in [5.41, 5.74) is 3.70. The highest BCUT2D eigenvalue weighted by Gasteiger charge is 2.38. The second kappa shape index (κ2) is 4.25. The second-order valence-corrected chi connectivity index (χ2v) is 6.24. The zero-order valence-electron chi connectivity index (χ0n) is 11.5. The van der Waals surface area contributed by atoms with Gasteiger partial charge in [-0.3, -0.25) is 0 Å². The van der Waals surface area contributed by atoms with Crippen molar-refractivity contribution in [3.05, 3.63) is 22.8 Å². The molecule has 1 saturated carbocycles. The van der Waals surface area contributed by atoms with Crippen LogP contribution in [-0.2, 0) is 23.3 Å². The van der Waals surface area contributed by atoms with Crippen LogP contribution < -0.4 is 5.32 Å². The van der Waals surface area contributed by atoms with Crippen molar-refractivity contribution in [2.45, 2.75) is 57.1 Å². The highest BCUT2D eigenvalue weighted by molar-refractivity contribution is 5.34. The van der Waals surface area contributed by atoms with Crippen LogP contribution in [0.5, 0.6) is 0 Å². The number of nitrogens with zero attached hydrogens (tertiary/aromatic N) is 2. The van der Waals surface area contributed by atoms with Crippen LogP contribution in [0.15, 0.2) is 0 Å². The molecule has 2 fully saturated rings. The second-order valence-electron chi connectivity index (χ2n) is 6.24. The molecule has 4 heteroatoms. The summed E-state index contributed by atoms with van der Waals surface area (Å²) in [5.74, 6) is 1.62. The van der Waals surface area contributed by atoms with Crippen LogP contribution in [0.25, 0.3) is 0 Å². The first-order valence-electron chi connectivity index (χ1n) is 7.51. The van der Waals surface area contributed by atoms with Crippen molar-refractivity contribution in [1.82, 2.24) is 15.3 Å². The maximum atomic E-state index is 5.93. The van der Waals surface area contributed by atoms with Crippen molar-refractivity contribution in [3.63, 3.8) is 0 Å². The summed E-state index contributed by atoms with van der Waals surface area (Å²) in [6.45, 7) is 4.97. The van der Waals surface area contributed by atoms with Crippen molar-refractivity contribution >= 4 is 0 Å². The summed E-state index contributed by atoms with van der Waals surface area (Å²) in [7, 11) is 0. The van der Waals surface area contributed by atoms with E-state index in [-0.39, 0.29) is 5.60 Å². The molecule has 1 unspecified atom stereocenters. The predicted octanol–water partition coefficient (Wildman–Crippen LogP) is 2.03. The van der Waals surface area contributed by atoms with Gasteiger partial charge < -0.3 is 10.1 Å². The van der Waals surface area contributed by atoms with Crippen LogP contribution in [0.3, 0.4) is 0 Å². The fourth-order valence-corrected chi connectivity index (χ4v) is 3.26. The molecule has 0 radical (unpaired) electrons. The number of rotatable bonds is 2. The van der Waals surface area contributed by atoms with Crippen molar-refractivity contribution in [2.24, 2.45) is 0 Å². The molecule has 1 aliphatic carbocycles. The Morgan fingerprint density at radius 2 is 2.21 bits per heavy atom. The maximum Gasteiger partial charge on any atom is 0.160 e. The zero-order chi connectivity index (χ0) is 12.9. The van der Waals surface area contributed by atoms with Gasteiger partial charge in [-0.15, -0.1) is 0 Å². The van der Waals surface area contributed by atoms with Crippen molar-refractivity contribution in [2.75, 3.05) is 13.2 Å². The highest BCUT2D eigenvalue weighted by atomic mass is 16.5. The molecular formula is C15H21N3O. The van der Waals surface area contributed by atoms with E-state index in [2.05, 4.69) is 12.2 Å². The van der Waals surface area contributed by atoms with Crippen LogP contribution in [0.1, 0.15) is 61.3 Å². The summed E-state index contributed by atoms with van der Waals surface area (Å²) in [4.78, 5) is 9.79. The van der Waals surface area contributed by atoms with Gasteiger partial charge in [-0.05, 0) is 32.6 Å². The average Bonchev–Trinajstić information content (AvgIpc) is 3.19. The third-order valence-electron chi connectivity index (χ3n) is 4.62. The lowest BCUT2D eigenvalue weighted by molar-refractivity contribution is 0.00888. The predicted molar refractivity (Wildman–Crippen MR) is 72.0 cm³/mol. The van der Waals surface area contributed by atoms with Gasteiger partial charge in [-0.1, -0.05) is 0 Å². The molecule has 1 atom stereocenters. The minimum absolute atomic E-state index is 0.246. The van der Waals surface area contributed by atoms with Crippen molar-refractivity contribution in [3.8, 4) is 0 Å². The molecule has 0 amide bonds. The molecule has 1 N–H and O–H groups in total. The third-order valence-corrected chi connectivity index (χ3v) is 4.62. The van der Waals surface area contributed by atoms with E-state index in [1.54, 1.807) is 0 Å². The number of hydrogen-bond donors (Lipinski definition) is 1. The zero-order valence-corrected chi connectivity index (χ0v) is 11.5. The minimum atomic E-state index is -0.246. The summed E-state index contributed by atoms with van der Waals surface area (Å²) in [6.07, 6.45) is 5.78. The molecule has 102 valence electrons. The number of hydrogen-bond acceptors (Lipinski definition) is 4. The lowest BCUT2D eigenvalue weighted by Gasteiger charge is -2.26. The Hall–Kier alpha value is -1.00. The van der Waals surface area contributed by atoms with E-state index in [0.29, 0.717) is 5.92 Å². The maximum absolute atomic E-state index is 5.93. The molecular weight excluding hydrogens is 238 g/mol. The first-order valence-corrected chi connectivity index (χ1v) is 7.51. The van der Waals surface area contributed by atoms with E-state index in [9.17, 15) is 0 Å². The molecule has 4 rings (SSSR count). The topological polar surface area (TPSA) is 47.0 Å². The molecule has 3 heterocycles. The first kappa shape index (κ1) is 11.8. The SMILES string of the molecule is CC1(c2nc3c(c(C4CC4)n2)CNCC3)CCCO1. The highest BCUT2D eigenvalue weighted by Crippen LogP contribution is 2.43. The number of ether oxygens (including phenoxy) is 1. The minimum Gasteiger partial charge on any atom is -0.367 e. The molecule has 0 spiro atoms. The quantitative estimate of drug-likeness (QED) is 0.882. The van der Waals surface area contributed by atoms with Gasteiger partial charge in [0.2, 0.25) is 0 Å². The van der Waals surface area contributed by atoms with Gasteiger partial charge in [-0.2, -0.15) is 0 Å². The Kier molecular flexibility index (Phi) is 2.64. The lowest BCUT2D eigenvalue weighted by Crippen LogP contribution is -2.30. The average molecular weight is 259 g/mol. The fourth-order valence-electron chi connectivity index (χ4n) is 3.26. The van der Waals surface area contributed by atoms with Crippen LogP contribution >= 0.6 is 0 Å². The molecule has 2 aliphatic heterocycles. The van der Waals surface area contributed by atoms with Crippen molar-refractivity contribution < 1.29 is 4.74 Å². The van der Waals surface area contributed by atoms with E-state index in [1.807, 2.05) is 0 Å². The molecule has 3 aliphatic rings. The van der Waals surface area contributed by atoms with Crippen LogP contribution in [-0.4, -0.2) is 23.1 Å². The number of nitrogens with one attached hydrogen (secondary N) is 1. The standard InChI is InChI=1S/C15H21N3O/c1-15(6-2-8-19-15)14-17-12-5-7-16-9-11(12)13(18-14)10-3-4-10/h10,16H,2-9H2,1H3. The van der Waals surface area contributed by atoms with E-state index in [4.69, 9.17) is 14.7 Å². The van der Waals surface area contributed by atoms with E-state index >= 15 is 0 Å².